The number of methoxy groups -OCH3 is 4. The highest BCUT2D eigenvalue weighted by atomic mass is 16.5. The van der Waals surface area contributed by atoms with E-state index in [-0.39, 0.29) is 23.8 Å². The fourth-order valence-electron chi connectivity index (χ4n) is 4.38. The van der Waals surface area contributed by atoms with Crippen LogP contribution in [0.2, 0.25) is 0 Å². The maximum Gasteiger partial charge on any atom is 0.253 e. The van der Waals surface area contributed by atoms with Crippen LogP contribution in [0.5, 0.6) is 23.0 Å². The molecule has 2 aromatic rings. The van der Waals surface area contributed by atoms with Crippen LogP contribution in [0.25, 0.3) is 0 Å². The van der Waals surface area contributed by atoms with E-state index in [2.05, 4.69) is 10.6 Å². The Kier molecular flexibility index (Phi) is 9.59. The number of hydrogen-bond acceptors (Lipinski definition) is 7. The Balaban J connectivity index is 1.60. The van der Waals surface area contributed by atoms with E-state index in [0.29, 0.717) is 60.9 Å². The predicted molar refractivity (Wildman–Crippen MR) is 137 cm³/mol. The first-order valence-electron chi connectivity index (χ1n) is 12.1. The summed E-state index contributed by atoms with van der Waals surface area (Å²) >= 11 is 0. The van der Waals surface area contributed by atoms with Gasteiger partial charge in [0.25, 0.3) is 5.91 Å². The molecule has 0 bridgehead atoms. The zero-order valence-electron chi connectivity index (χ0n) is 22.0. The van der Waals surface area contributed by atoms with E-state index in [4.69, 9.17) is 18.9 Å². The number of ether oxygens (including phenoxy) is 4. The van der Waals surface area contributed by atoms with Gasteiger partial charge in [-0.25, -0.2) is 0 Å². The van der Waals surface area contributed by atoms with Gasteiger partial charge in [0.15, 0.2) is 23.0 Å². The molecule has 200 valence electrons. The van der Waals surface area contributed by atoms with Crippen molar-refractivity contribution in [2.45, 2.75) is 38.3 Å². The van der Waals surface area contributed by atoms with Crippen molar-refractivity contribution in [2.24, 2.45) is 0 Å². The number of rotatable bonds is 10. The van der Waals surface area contributed by atoms with Gasteiger partial charge < -0.3 is 34.5 Å². The lowest BCUT2D eigenvalue weighted by Crippen LogP contribution is -2.53. The SMILES string of the molecule is COc1ccc(C[C@H](NC(C)=O)C(=O)NC2CCN(C(=O)c3ccc(OC)c(OC)c3)CC2)cc1OC. The van der Waals surface area contributed by atoms with Crippen molar-refractivity contribution in [3.63, 3.8) is 0 Å². The van der Waals surface area contributed by atoms with E-state index in [1.807, 2.05) is 6.07 Å². The average Bonchev–Trinajstić information content (AvgIpc) is 2.91. The monoisotopic (exact) mass is 513 g/mol. The smallest absolute Gasteiger partial charge is 0.253 e. The third-order valence-electron chi connectivity index (χ3n) is 6.34. The van der Waals surface area contributed by atoms with Gasteiger partial charge in [-0.05, 0) is 48.7 Å². The fraction of sp³-hybridized carbons (Fsp3) is 0.444. The van der Waals surface area contributed by atoms with Crippen molar-refractivity contribution >= 4 is 17.7 Å². The van der Waals surface area contributed by atoms with Crippen molar-refractivity contribution in [3.8, 4) is 23.0 Å². The minimum absolute atomic E-state index is 0.102. The molecule has 1 saturated heterocycles. The molecule has 0 unspecified atom stereocenters. The van der Waals surface area contributed by atoms with Gasteiger partial charge in [0.05, 0.1) is 28.4 Å². The Morgan fingerprint density at radius 2 is 1.43 bits per heavy atom. The molecular formula is C27H35N3O7. The van der Waals surface area contributed by atoms with Crippen molar-refractivity contribution in [2.75, 3.05) is 41.5 Å². The molecule has 1 heterocycles. The van der Waals surface area contributed by atoms with Crippen LogP contribution in [0.4, 0.5) is 0 Å². The van der Waals surface area contributed by atoms with E-state index in [1.165, 1.54) is 14.0 Å². The number of carbonyl (C=O) groups excluding carboxylic acids is 3. The number of carbonyl (C=O) groups is 3. The van der Waals surface area contributed by atoms with Gasteiger partial charge in [-0.2, -0.15) is 0 Å². The second-order valence-corrected chi connectivity index (χ2v) is 8.79. The lowest BCUT2D eigenvalue weighted by molar-refractivity contribution is -0.128. The first-order valence-corrected chi connectivity index (χ1v) is 12.1. The minimum atomic E-state index is -0.748. The number of amides is 3. The molecule has 37 heavy (non-hydrogen) atoms. The van der Waals surface area contributed by atoms with Gasteiger partial charge >= 0.3 is 0 Å². The largest absolute Gasteiger partial charge is 0.493 e. The zero-order chi connectivity index (χ0) is 26.9. The van der Waals surface area contributed by atoms with Gasteiger partial charge in [0.2, 0.25) is 11.8 Å². The highest BCUT2D eigenvalue weighted by Gasteiger charge is 2.28. The summed E-state index contributed by atoms with van der Waals surface area (Å²) in [5.41, 5.74) is 1.34. The van der Waals surface area contributed by atoms with Crippen LogP contribution in [0, 0.1) is 0 Å². The normalized spacial score (nSPS) is 14.4. The first-order chi connectivity index (χ1) is 17.8. The molecule has 3 rings (SSSR count). The first kappa shape index (κ1) is 27.6. The molecule has 10 nitrogen and oxygen atoms in total. The third-order valence-corrected chi connectivity index (χ3v) is 6.34. The number of likely N-dealkylation sites (tertiary alicyclic amines) is 1. The van der Waals surface area contributed by atoms with Crippen LogP contribution in [-0.2, 0) is 16.0 Å². The Hall–Kier alpha value is -3.95. The van der Waals surface area contributed by atoms with Gasteiger partial charge in [0.1, 0.15) is 6.04 Å². The van der Waals surface area contributed by atoms with Crippen LogP contribution in [0.15, 0.2) is 36.4 Å². The van der Waals surface area contributed by atoms with Gasteiger partial charge in [-0.1, -0.05) is 6.07 Å². The molecule has 1 aliphatic rings. The van der Waals surface area contributed by atoms with Crippen LogP contribution in [0.3, 0.4) is 0 Å². The second kappa shape index (κ2) is 12.8. The van der Waals surface area contributed by atoms with E-state index < -0.39 is 6.04 Å². The predicted octanol–water partition coefficient (Wildman–Crippen LogP) is 2.19. The van der Waals surface area contributed by atoms with E-state index in [1.54, 1.807) is 56.6 Å². The topological polar surface area (TPSA) is 115 Å². The highest BCUT2D eigenvalue weighted by molar-refractivity contribution is 5.95. The molecule has 0 saturated carbocycles. The number of benzene rings is 2. The quantitative estimate of drug-likeness (QED) is 0.500. The van der Waals surface area contributed by atoms with E-state index >= 15 is 0 Å². The molecule has 2 N–H and O–H groups in total. The van der Waals surface area contributed by atoms with Crippen LogP contribution in [0.1, 0.15) is 35.7 Å². The summed E-state index contributed by atoms with van der Waals surface area (Å²) in [7, 11) is 6.17. The zero-order valence-corrected chi connectivity index (χ0v) is 22.0. The molecular weight excluding hydrogens is 478 g/mol. The highest BCUT2D eigenvalue weighted by Crippen LogP contribution is 2.29. The number of hydrogen-bond donors (Lipinski definition) is 2. The molecule has 0 aliphatic carbocycles. The van der Waals surface area contributed by atoms with E-state index in [9.17, 15) is 14.4 Å². The summed E-state index contributed by atoms with van der Waals surface area (Å²) < 4.78 is 21.2. The van der Waals surface area contributed by atoms with Crippen LogP contribution < -0.4 is 29.6 Å². The second-order valence-electron chi connectivity index (χ2n) is 8.79. The molecule has 0 spiro atoms. The summed E-state index contributed by atoms with van der Waals surface area (Å²) in [5, 5.41) is 5.79. The molecule has 1 fully saturated rings. The molecule has 10 heteroatoms. The molecule has 3 amide bonds. The summed E-state index contributed by atoms with van der Waals surface area (Å²) in [4.78, 5) is 39.7. The standard InChI is InChI=1S/C27H35N3O7/c1-17(31)28-21(14-18-6-8-22(34-2)24(15-18)36-4)26(32)29-20-10-12-30(13-11-20)27(33)19-7-9-23(35-3)25(16-19)37-5/h6-9,15-16,20-21H,10-14H2,1-5H3,(H,28,31)(H,29,32)/t21-/m0/s1. The summed E-state index contributed by atoms with van der Waals surface area (Å²) in [6.45, 7) is 2.38. The summed E-state index contributed by atoms with van der Waals surface area (Å²) in [5.74, 6) is 1.52. The fourth-order valence-corrected chi connectivity index (χ4v) is 4.38. The van der Waals surface area contributed by atoms with Gasteiger partial charge in [-0.15, -0.1) is 0 Å². The maximum atomic E-state index is 13.1. The van der Waals surface area contributed by atoms with Gasteiger partial charge in [0, 0.05) is 38.0 Å². The van der Waals surface area contributed by atoms with Crippen molar-refractivity contribution in [3.05, 3.63) is 47.5 Å². The van der Waals surface area contributed by atoms with Crippen LogP contribution in [-0.4, -0.2) is 76.2 Å². The van der Waals surface area contributed by atoms with Crippen LogP contribution >= 0.6 is 0 Å². The summed E-state index contributed by atoms with van der Waals surface area (Å²) in [6.07, 6.45) is 1.50. The number of nitrogens with zero attached hydrogens (tertiary/aromatic N) is 1. The molecule has 1 atom stereocenters. The molecule has 0 radical (unpaired) electrons. The van der Waals surface area contributed by atoms with E-state index in [0.717, 1.165) is 5.56 Å². The summed E-state index contributed by atoms with van der Waals surface area (Å²) in [6, 6.07) is 9.62. The average molecular weight is 514 g/mol. The maximum absolute atomic E-state index is 13.1. The number of nitrogens with one attached hydrogen (secondary N) is 2. The Bertz CT molecular complexity index is 1110. The molecule has 2 aromatic carbocycles. The van der Waals surface area contributed by atoms with Crippen molar-refractivity contribution in [1.82, 2.24) is 15.5 Å². The van der Waals surface area contributed by atoms with Gasteiger partial charge in [-0.3, -0.25) is 14.4 Å². The van der Waals surface area contributed by atoms with Crippen molar-refractivity contribution < 1.29 is 33.3 Å². The molecule has 1 aliphatic heterocycles. The third kappa shape index (κ3) is 7.05. The lowest BCUT2D eigenvalue weighted by atomic mass is 10.0. The lowest BCUT2D eigenvalue weighted by Gasteiger charge is -2.33. The number of piperidine rings is 1. The Labute approximate surface area is 217 Å². The minimum Gasteiger partial charge on any atom is -0.493 e. The Morgan fingerprint density at radius 3 is 2.00 bits per heavy atom. The molecule has 0 aromatic heterocycles. The van der Waals surface area contributed by atoms with Crippen molar-refractivity contribution in [1.29, 1.82) is 0 Å². The Morgan fingerprint density at radius 1 is 0.865 bits per heavy atom.